The Morgan fingerprint density at radius 3 is 2.44 bits per heavy atom. The highest BCUT2D eigenvalue weighted by molar-refractivity contribution is 7.98. The van der Waals surface area contributed by atoms with E-state index in [1.54, 1.807) is 11.8 Å². The van der Waals surface area contributed by atoms with Crippen LogP contribution in [0.5, 0.6) is 0 Å². The number of nitrogens with one attached hydrogen (secondary N) is 1. The second-order valence-electron chi connectivity index (χ2n) is 4.74. The fraction of sp³-hybridized carbons (Fsp3) is 0.571. The predicted octanol–water partition coefficient (Wildman–Crippen LogP) is 4.40. The Morgan fingerprint density at radius 1 is 1.12 bits per heavy atom. The Labute approximate surface area is 103 Å². The number of hydrogen-bond acceptors (Lipinski definition) is 2. The van der Waals surface area contributed by atoms with Crippen LogP contribution >= 0.6 is 11.8 Å². The summed E-state index contributed by atoms with van der Waals surface area (Å²) in [6, 6.07) is 9.47. The second-order valence-corrected chi connectivity index (χ2v) is 5.62. The zero-order valence-corrected chi connectivity index (χ0v) is 11.0. The topological polar surface area (TPSA) is 12.0 Å². The van der Waals surface area contributed by atoms with Gasteiger partial charge in [-0.3, -0.25) is 0 Å². The molecule has 1 nitrogen and oxygen atoms in total. The molecule has 1 aromatic carbocycles. The Bertz CT molecular complexity index is 320. The third kappa shape index (κ3) is 2.94. The van der Waals surface area contributed by atoms with Gasteiger partial charge in [0.15, 0.2) is 0 Å². The van der Waals surface area contributed by atoms with Gasteiger partial charge in [0.2, 0.25) is 0 Å². The maximum Gasteiger partial charge on any atom is 0.0343 e. The molecular weight excluding hydrogens is 214 g/mol. The molecule has 0 amide bonds. The molecule has 2 atom stereocenters. The standard InChI is InChI=1S/C14H21NS/c1-11-5-3-4-6-14(11)15-12-7-9-13(16-2)10-8-12/h7-11,14-15H,3-6H2,1-2H3. The molecule has 0 radical (unpaired) electrons. The smallest absolute Gasteiger partial charge is 0.0343 e. The molecule has 2 unspecified atom stereocenters. The SMILES string of the molecule is CSc1ccc(NC2CCCCC2C)cc1. The fourth-order valence-corrected chi connectivity index (χ4v) is 2.84. The van der Waals surface area contributed by atoms with Crippen LogP contribution in [-0.2, 0) is 0 Å². The minimum atomic E-state index is 0.675. The highest BCUT2D eigenvalue weighted by Crippen LogP contribution is 2.27. The highest BCUT2D eigenvalue weighted by atomic mass is 32.2. The zero-order chi connectivity index (χ0) is 11.4. The van der Waals surface area contributed by atoms with E-state index in [1.807, 2.05) is 0 Å². The summed E-state index contributed by atoms with van der Waals surface area (Å²) in [7, 11) is 0. The molecule has 16 heavy (non-hydrogen) atoms. The van der Waals surface area contributed by atoms with Crippen molar-refractivity contribution in [3.8, 4) is 0 Å². The number of benzene rings is 1. The molecule has 1 fully saturated rings. The van der Waals surface area contributed by atoms with Gasteiger partial charge in [0.1, 0.15) is 0 Å². The largest absolute Gasteiger partial charge is 0.382 e. The van der Waals surface area contributed by atoms with Crippen molar-refractivity contribution < 1.29 is 0 Å². The van der Waals surface area contributed by atoms with Crippen molar-refractivity contribution in [1.82, 2.24) is 0 Å². The van der Waals surface area contributed by atoms with Crippen LogP contribution in [0.25, 0.3) is 0 Å². The summed E-state index contributed by atoms with van der Waals surface area (Å²) in [6.07, 6.45) is 7.60. The van der Waals surface area contributed by atoms with E-state index in [4.69, 9.17) is 0 Å². The average molecular weight is 235 g/mol. The fourth-order valence-electron chi connectivity index (χ4n) is 2.43. The lowest BCUT2D eigenvalue weighted by atomic mass is 9.86. The number of anilines is 1. The first-order chi connectivity index (χ1) is 7.79. The molecule has 1 N–H and O–H groups in total. The maximum atomic E-state index is 3.67. The highest BCUT2D eigenvalue weighted by Gasteiger charge is 2.20. The molecule has 0 aliphatic heterocycles. The van der Waals surface area contributed by atoms with E-state index in [1.165, 1.54) is 36.3 Å². The van der Waals surface area contributed by atoms with Crippen LogP contribution < -0.4 is 5.32 Å². The van der Waals surface area contributed by atoms with Gasteiger partial charge in [-0.25, -0.2) is 0 Å². The van der Waals surface area contributed by atoms with E-state index in [0.29, 0.717) is 6.04 Å². The molecular formula is C14H21NS. The van der Waals surface area contributed by atoms with Crippen LogP contribution in [0.2, 0.25) is 0 Å². The molecule has 0 bridgehead atoms. The van der Waals surface area contributed by atoms with Gasteiger partial charge in [-0.05, 0) is 49.3 Å². The van der Waals surface area contributed by atoms with Crippen molar-refractivity contribution in [2.24, 2.45) is 5.92 Å². The van der Waals surface area contributed by atoms with Crippen molar-refractivity contribution in [2.45, 2.75) is 43.5 Å². The van der Waals surface area contributed by atoms with Gasteiger partial charge in [-0.1, -0.05) is 19.8 Å². The number of thioether (sulfide) groups is 1. The first kappa shape index (κ1) is 11.8. The summed E-state index contributed by atoms with van der Waals surface area (Å²) in [5, 5.41) is 3.67. The maximum absolute atomic E-state index is 3.67. The summed E-state index contributed by atoms with van der Waals surface area (Å²) >= 11 is 1.80. The normalized spacial score (nSPS) is 25.4. The minimum absolute atomic E-state index is 0.675. The van der Waals surface area contributed by atoms with Crippen LogP contribution in [0, 0.1) is 5.92 Å². The molecule has 1 saturated carbocycles. The Morgan fingerprint density at radius 2 is 1.81 bits per heavy atom. The molecule has 1 aromatic rings. The van der Waals surface area contributed by atoms with Gasteiger partial charge in [-0.15, -0.1) is 11.8 Å². The van der Waals surface area contributed by atoms with Crippen molar-refractivity contribution in [3.05, 3.63) is 24.3 Å². The van der Waals surface area contributed by atoms with Crippen LogP contribution in [-0.4, -0.2) is 12.3 Å². The first-order valence-electron chi connectivity index (χ1n) is 6.20. The Hall–Kier alpha value is -0.630. The van der Waals surface area contributed by atoms with Crippen molar-refractivity contribution in [1.29, 1.82) is 0 Å². The van der Waals surface area contributed by atoms with Crippen molar-refractivity contribution in [2.75, 3.05) is 11.6 Å². The van der Waals surface area contributed by atoms with Crippen LogP contribution in [0.3, 0.4) is 0 Å². The van der Waals surface area contributed by atoms with Gasteiger partial charge in [0.05, 0.1) is 0 Å². The molecule has 0 aromatic heterocycles. The third-order valence-electron chi connectivity index (χ3n) is 3.55. The average Bonchev–Trinajstić information content (AvgIpc) is 2.33. The summed E-state index contributed by atoms with van der Waals surface area (Å²) in [4.78, 5) is 1.34. The van der Waals surface area contributed by atoms with Gasteiger partial charge >= 0.3 is 0 Å². The molecule has 0 spiro atoms. The molecule has 1 aliphatic rings. The lowest BCUT2D eigenvalue weighted by Crippen LogP contribution is -2.30. The Balaban J connectivity index is 1.96. The number of rotatable bonds is 3. The van der Waals surface area contributed by atoms with Gasteiger partial charge in [-0.2, -0.15) is 0 Å². The predicted molar refractivity (Wildman–Crippen MR) is 73.3 cm³/mol. The third-order valence-corrected chi connectivity index (χ3v) is 4.30. The molecule has 0 saturated heterocycles. The van der Waals surface area contributed by atoms with Gasteiger partial charge in [0.25, 0.3) is 0 Å². The molecule has 2 rings (SSSR count). The van der Waals surface area contributed by atoms with E-state index in [0.717, 1.165) is 5.92 Å². The van der Waals surface area contributed by atoms with E-state index >= 15 is 0 Å². The summed E-state index contributed by atoms with van der Waals surface area (Å²) in [5.74, 6) is 0.814. The van der Waals surface area contributed by atoms with Gasteiger partial charge in [0, 0.05) is 16.6 Å². The second kappa shape index (κ2) is 5.62. The molecule has 0 heterocycles. The lowest BCUT2D eigenvalue weighted by molar-refractivity contribution is 0.349. The van der Waals surface area contributed by atoms with Crippen LogP contribution in [0.1, 0.15) is 32.6 Å². The lowest BCUT2D eigenvalue weighted by Gasteiger charge is -2.30. The zero-order valence-electron chi connectivity index (χ0n) is 10.2. The monoisotopic (exact) mass is 235 g/mol. The van der Waals surface area contributed by atoms with Crippen molar-refractivity contribution in [3.63, 3.8) is 0 Å². The summed E-state index contributed by atoms with van der Waals surface area (Å²) in [6.45, 7) is 2.37. The Kier molecular flexibility index (Phi) is 4.16. The minimum Gasteiger partial charge on any atom is -0.382 e. The summed E-state index contributed by atoms with van der Waals surface area (Å²) in [5.41, 5.74) is 1.27. The first-order valence-corrected chi connectivity index (χ1v) is 7.42. The van der Waals surface area contributed by atoms with Gasteiger partial charge < -0.3 is 5.32 Å². The molecule has 88 valence electrons. The van der Waals surface area contributed by atoms with E-state index < -0.39 is 0 Å². The quantitative estimate of drug-likeness (QED) is 0.779. The summed E-state index contributed by atoms with van der Waals surface area (Å²) < 4.78 is 0. The molecule has 2 heteroatoms. The molecule has 1 aliphatic carbocycles. The van der Waals surface area contributed by atoms with E-state index in [9.17, 15) is 0 Å². The van der Waals surface area contributed by atoms with E-state index in [2.05, 4.69) is 42.8 Å². The number of hydrogen-bond donors (Lipinski definition) is 1. The van der Waals surface area contributed by atoms with Crippen LogP contribution in [0.4, 0.5) is 5.69 Å². The van der Waals surface area contributed by atoms with E-state index in [-0.39, 0.29) is 0 Å². The van der Waals surface area contributed by atoms with Crippen LogP contribution in [0.15, 0.2) is 29.2 Å². The van der Waals surface area contributed by atoms with Crippen molar-refractivity contribution >= 4 is 17.4 Å².